The van der Waals surface area contributed by atoms with Crippen molar-refractivity contribution >= 4 is 0 Å². The minimum absolute atomic E-state index is 0.406. The molecule has 0 aliphatic carbocycles. The van der Waals surface area contributed by atoms with Crippen molar-refractivity contribution in [1.82, 2.24) is 0 Å². The summed E-state index contributed by atoms with van der Waals surface area (Å²) in [5, 5.41) is 0. The maximum absolute atomic E-state index is 11.4. The fourth-order valence-electron chi connectivity index (χ4n) is 0.195. The van der Waals surface area contributed by atoms with Crippen molar-refractivity contribution in [1.29, 1.82) is 0 Å². The highest BCUT2D eigenvalue weighted by molar-refractivity contribution is 5.02. The van der Waals surface area contributed by atoms with Crippen LogP contribution in [-0.4, -0.2) is 6.18 Å². The van der Waals surface area contributed by atoms with Crippen LogP contribution in [0, 0.1) is 0 Å². The molecule has 0 N–H and O–H groups in total. The van der Waals surface area contributed by atoms with E-state index in [1.54, 1.807) is 0 Å². The van der Waals surface area contributed by atoms with Gasteiger partial charge in [0.2, 0.25) is 5.83 Å². The zero-order valence-corrected chi connectivity index (χ0v) is 4.39. The van der Waals surface area contributed by atoms with Gasteiger partial charge in [-0.2, -0.15) is 17.6 Å². The van der Waals surface area contributed by atoms with Gasteiger partial charge in [0.05, 0.1) is 0 Å². The Balaban J connectivity index is 4.40. The Kier molecular flexibility index (Phi) is 2.17. The van der Waals surface area contributed by atoms with E-state index in [1.165, 1.54) is 0 Å². The number of hydrogen-bond donors (Lipinski definition) is 0. The molecule has 5 heteroatoms. The molecule has 0 nitrogen and oxygen atoms in total. The first-order valence-electron chi connectivity index (χ1n) is 1.94. The molecule has 0 spiro atoms. The van der Waals surface area contributed by atoms with E-state index in [2.05, 4.69) is 0 Å². The molecule has 0 unspecified atom stereocenters. The van der Waals surface area contributed by atoms with Gasteiger partial charge in [-0.15, -0.1) is 0 Å². The Morgan fingerprint density at radius 2 is 1.44 bits per heavy atom. The third-order valence-electron chi connectivity index (χ3n) is 0.551. The number of halogens is 5. The molecule has 9 heavy (non-hydrogen) atoms. The van der Waals surface area contributed by atoms with Crippen LogP contribution in [0.5, 0.6) is 0 Å². The summed E-state index contributed by atoms with van der Waals surface area (Å²) in [4.78, 5) is 0. The van der Waals surface area contributed by atoms with Crippen LogP contribution in [0.3, 0.4) is 0 Å². The predicted octanol–water partition coefficient (Wildman–Crippen LogP) is 2.72. The Bertz CT molecular complexity index is 126. The van der Waals surface area contributed by atoms with E-state index in [9.17, 15) is 22.0 Å². The van der Waals surface area contributed by atoms with Crippen molar-refractivity contribution < 1.29 is 22.0 Å². The number of allylic oxidation sites excluding steroid dienone is 2. The second kappa shape index (κ2) is 2.33. The summed E-state index contributed by atoms with van der Waals surface area (Å²) in [6, 6.07) is 0. The van der Waals surface area contributed by atoms with E-state index >= 15 is 0 Å². The van der Waals surface area contributed by atoms with Crippen LogP contribution in [0.2, 0.25) is 0 Å². The number of alkyl halides is 3. The molecule has 0 amide bonds. The van der Waals surface area contributed by atoms with E-state index < -0.39 is 17.8 Å². The van der Waals surface area contributed by atoms with E-state index in [4.69, 9.17) is 0 Å². The lowest BCUT2D eigenvalue weighted by atomic mass is 10.4. The highest BCUT2D eigenvalue weighted by atomic mass is 19.4. The first kappa shape index (κ1) is 8.39. The maximum atomic E-state index is 11.4. The van der Waals surface area contributed by atoms with Gasteiger partial charge in [-0.3, -0.25) is 0 Å². The minimum atomic E-state index is -5.18. The minimum Gasteiger partial charge on any atom is -0.209 e. The van der Waals surface area contributed by atoms with Crippen LogP contribution < -0.4 is 0 Å². The Labute approximate surface area is 48.0 Å². The van der Waals surface area contributed by atoms with Gasteiger partial charge in [-0.05, 0) is 6.92 Å². The second-order valence-corrected chi connectivity index (χ2v) is 1.35. The third-order valence-corrected chi connectivity index (χ3v) is 0.551. The molecule has 0 aromatic carbocycles. The van der Waals surface area contributed by atoms with Crippen LogP contribution in [0.15, 0.2) is 11.7 Å². The SMILES string of the molecule is C/C(F)=C(/F)C(F)(F)F. The van der Waals surface area contributed by atoms with E-state index in [0.717, 1.165) is 0 Å². The Morgan fingerprint density at radius 1 is 1.11 bits per heavy atom. The molecule has 0 rings (SSSR count). The van der Waals surface area contributed by atoms with Crippen molar-refractivity contribution in [3.05, 3.63) is 11.7 Å². The van der Waals surface area contributed by atoms with Crippen molar-refractivity contribution in [3.63, 3.8) is 0 Å². The predicted molar refractivity (Wildman–Crippen MR) is 21.0 cm³/mol. The number of hydrogen-bond acceptors (Lipinski definition) is 0. The van der Waals surface area contributed by atoms with Gasteiger partial charge in [0.15, 0.2) is 0 Å². The lowest BCUT2D eigenvalue weighted by molar-refractivity contribution is -0.111. The molecule has 0 fully saturated rings. The molecule has 0 bridgehead atoms. The van der Waals surface area contributed by atoms with Gasteiger partial charge >= 0.3 is 6.18 Å². The molecule has 0 aliphatic heterocycles. The van der Waals surface area contributed by atoms with E-state index in [0.29, 0.717) is 6.92 Å². The van der Waals surface area contributed by atoms with Gasteiger partial charge in [0.1, 0.15) is 5.83 Å². The standard InChI is InChI=1S/C4H3F5/c1-2(5)3(6)4(7,8)9/h1H3/b3-2-. The maximum Gasteiger partial charge on any atom is 0.445 e. The van der Waals surface area contributed by atoms with Gasteiger partial charge in [0.25, 0.3) is 0 Å². The molecule has 0 radical (unpaired) electrons. The zero-order valence-electron chi connectivity index (χ0n) is 4.39. The fraction of sp³-hybridized carbons (Fsp3) is 0.500. The molecule has 0 atom stereocenters. The van der Waals surface area contributed by atoms with Gasteiger partial charge in [-0.25, -0.2) is 4.39 Å². The van der Waals surface area contributed by atoms with Crippen molar-refractivity contribution in [2.45, 2.75) is 13.1 Å². The zero-order chi connectivity index (χ0) is 7.65. The number of rotatable bonds is 0. The molecule has 0 aromatic heterocycles. The van der Waals surface area contributed by atoms with Crippen LogP contribution in [-0.2, 0) is 0 Å². The average Bonchev–Trinajstić information content (AvgIpc) is 1.62. The van der Waals surface area contributed by atoms with Crippen LogP contribution in [0.1, 0.15) is 6.92 Å². The molecule has 54 valence electrons. The lowest BCUT2D eigenvalue weighted by Gasteiger charge is -2.00. The normalized spacial score (nSPS) is 15.3. The first-order valence-corrected chi connectivity index (χ1v) is 1.94. The third kappa shape index (κ3) is 2.43. The molecule has 0 heterocycles. The quantitative estimate of drug-likeness (QED) is 0.461. The Hall–Kier alpha value is -0.610. The van der Waals surface area contributed by atoms with Crippen LogP contribution >= 0.6 is 0 Å². The van der Waals surface area contributed by atoms with Gasteiger partial charge < -0.3 is 0 Å². The van der Waals surface area contributed by atoms with Crippen molar-refractivity contribution in [3.8, 4) is 0 Å². The molecule has 0 saturated heterocycles. The summed E-state index contributed by atoms with van der Waals surface area (Å²) in [6.07, 6.45) is -5.18. The molecule has 0 aromatic rings. The largest absolute Gasteiger partial charge is 0.445 e. The first-order chi connectivity index (χ1) is 3.85. The lowest BCUT2D eigenvalue weighted by Crippen LogP contribution is -2.08. The monoisotopic (exact) mass is 146 g/mol. The summed E-state index contributed by atoms with van der Waals surface area (Å²) in [7, 11) is 0. The van der Waals surface area contributed by atoms with E-state index in [1.807, 2.05) is 0 Å². The smallest absolute Gasteiger partial charge is 0.209 e. The summed E-state index contributed by atoms with van der Waals surface area (Å²) < 4.78 is 55.9. The van der Waals surface area contributed by atoms with Crippen molar-refractivity contribution in [2.24, 2.45) is 0 Å². The summed E-state index contributed by atoms with van der Waals surface area (Å²) in [6.45, 7) is 0.406. The fourth-order valence-corrected chi connectivity index (χ4v) is 0.195. The van der Waals surface area contributed by atoms with Gasteiger partial charge in [0, 0.05) is 0 Å². The van der Waals surface area contributed by atoms with E-state index in [-0.39, 0.29) is 0 Å². The van der Waals surface area contributed by atoms with Crippen molar-refractivity contribution in [2.75, 3.05) is 0 Å². The molecular weight excluding hydrogens is 143 g/mol. The molecule has 0 aliphatic rings. The summed E-state index contributed by atoms with van der Waals surface area (Å²) >= 11 is 0. The summed E-state index contributed by atoms with van der Waals surface area (Å²) in [5.74, 6) is -4.51. The topological polar surface area (TPSA) is 0 Å². The Morgan fingerprint density at radius 3 is 1.44 bits per heavy atom. The molecular formula is C4H3F5. The van der Waals surface area contributed by atoms with Crippen LogP contribution in [0.25, 0.3) is 0 Å². The second-order valence-electron chi connectivity index (χ2n) is 1.35. The van der Waals surface area contributed by atoms with Crippen LogP contribution in [0.4, 0.5) is 22.0 Å². The average molecular weight is 146 g/mol. The van der Waals surface area contributed by atoms with Gasteiger partial charge in [-0.1, -0.05) is 0 Å². The highest BCUT2D eigenvalue weighted by Crippen LogP contribution is 2.29. The highest BCUT2D eigenvalue weighted by Gasteiger charge is 2.36. The summed E-state index contributed by atoms with van der Waals surface area (Å²) in [5.41, 5.74) is 0. The molecule has 0 saturated carbocycles.